The van der Waals surface area contributed by atoms with Crippen molar-refractivity contribution in [3.05, 3.63) is 65.9 Å². The molecule has 0 fully saturated rings. The van der Waals surface area contributed by atoms with Gasteiger partial charge in [-0.1, -0.05) is 35.5 Å². The van der Waals surface area contributed by atoms with Crippen LogP contribution >= 0.6 is 0 Å². The molecular weight excluding hydrogens is 342 g/mol. The van der Waals surface area contributed by atoms with Crippen LogP contribution in [0.2, 0.25) is 0 Å². The summed E-state index contributed by atoms with van der Waals surface area (Å²) in [7, 11) is 1.53. The largest absolute Gasteiger partial charge is 0.490 e. The first-order valence-electron chi connectivity index (χ1n) is 8.91. The number of aromatic nitrogens is 2. The molecule has 1 aliphatic heterocycles. The third-order valence-corrected chi connectivity index (χ3v) is 4.30. The summed E-state index contributed by atoms with van der Waals surface area (Å²) in [5.74, 6) is 1.52. The Morgan fingerprint density at radius 2 is 1.93 bits per heavy atom. The summed E-state index contributed by atoms with van der Waals surface area (Å²) in [5, 5.41) is 8.69. The number of hydrogen-bond acceptors (Lipinski definition) is 5. The summed E-state index contributed by atoms with van der Waals surface area (Å²) >= 11 is 0. The maximum absolute atomic E-state index is 5.82. The standard InChI is InChI=1S/C21H21N3O3/c1-25-22-13-18-15-24(14-16-6-3-2-4-7-16)23-21(18)17-8-9-19-20(12-17)27-11-5-10-26-19/h2-4,6-9,12-13,15H,5,10-11,14H2,1H3/b22-13+. The smallest absolute Gasteiger partial charge is 0.161 e. The van der Waals surface area contributed by atoms with Crippen LogP contribution in [-0.4, -0.2) is 36.3 Å². The zero-order chi connectivity index (χ0) is 18.5. The zero-order valence-corrected chi connectivity index (χ0v) is 15.2. The average molecular weight is 363 g/mol. The highest BCUT2D eigenvalue weighted by Crippen LogP contribution is 2.34. The molecule has 0 radical (unpaired) electrons. The van der Waals surface area contributed by atoms with E-state index in [1.165, 1.54) is 12.7 Å². The van der Waals surface area contributed by atoms with Gasteiger partial charge in [0.25, 0.3) is 0 Å². The topological polar surface area (TPSA) is 57.9 Å². The van der Waals surface area contributed by atoms with Crippen molar-refractivity contribution < 1.29 is 14.3 Å². The van der Waals surface area contributed by atoms with Crippen LogP contribution < -0.4 is 9.47 Å². The summed E-state index contributed by atoms with van der Waals surface area (Å²) < 4.78 is 13.4. The van der Waals surface area contributed by atoms with E-state index in [0.717, 1.165) is 34.7 Å². The second-order valence-electron chi connectivity index (χ2n) is 6.25. The molecule has 0 spiro atoms. The molecular formula is C21H21N3O3. The summed E-state index contributed by atoms with van der Waals surface area (Å²) in [5.41, 5.74) is 3.83. The third kappa shape index (κ3) is 3.95. The molecule has 0 N–H and O–H groups in total. The Morgan fingerprint density at radius 1 is 1.11 bits per heavy atom. The first kappa shape index (κ1) is 17.1. The summed E-state index contributed by atoms with van der Waals surface area (Å²) in [6.45, 7) is 2.00. The van der Waals surface area contributed by atoms with Gasteiger partial charge in [0.15, 0.2) is 11.5 Å². The highest BCUT2D eigenvalue weighted by Gasteiger charge is 2.15. The van der Waals surface area contributed by atoms with E-state index >= 15 is 0 Å². The van der Waals surface area contributed by atoms with Gasteiger partial charge in [-0.15, -0.1) is 0 Å². The SMILES string of the molecule is CO/N=C/c1cn(Cc2ccccc2)nc1-c1ccc2c(c1)OCCCO2. The first-order chi connectivity index (χ1) is 13.3. The number of benzene rings is 2. The summed E-state index contributed by atoms with van der Waals surface area (Å²) in [6, 6.07) is 16.1. The van der Waals surface area contributed by atoms with Gasteiger partial charge in [0, 0.05) is 23.7 Å². The summed E-state index contributed by atoms with van der Waals surface area (Å²) in [6.07, 6.45) is 4.52. The molecule has 27 heavy (non-hydrogen) atoms. The Kier molecular flexibility index (Phi) is 5.05. The Bertz CT molecular complexity index is 935. The molecule has 0 atom stereocenters. The Morgan fingerprint density at radius 3 is 2.74 bits per heavy atom. The highest BCUT2D eigenvalue weighted by molar-refractivity contribution is 5.88. The molecule has 6 nitrogen and oxygen atoms in total. The molecule has 138 valence electrons. The van der Waals surface area contributed by atoms with Crippen LogP contribution in [0.25, 0.3) is 11.3 Å². The van der Waals surface area contributed by atoms with Gasteiger partial charge in [0.1, 0.15) is 12.8 Å². The van der Waals surface area contributed by atoms with E-state index in [-0.39, 0.29) is 0 Å². The molecule has 1 aliphatic rings. The lowest BCUT2D eigenvalue weighted by atomic mass is 10.1. The number of nitrogens with zero attached hydrogens (tertiary/aromatic N) is 3. The van der Waals surface area contributed by atoms with E-state index in [2.05, 4.69) is 17.3 Å². The minimum atomic E-state index is 0.650. The maximum atomic E-state index is 5.82. The molecule has 2 heterocycles. The Labute approximate surface area is 158 Å². The molecule has 0 aliphatic carbocycles. The fourth-order valence-corrected chi connectivity index (χ4v) is 3.03. The molecule has 3 aromatic rings. The molecule has 0 amide bonds. The number of fused-ring (bicyclic) bond motifs is 1. The molecule has 6 heteroatoms. The van der Waals surface area contributed by atoms with Crippen molar-refractivity contribution in [3.8, 4) is 22.8 Å². The van der Waals surface area contributed by atoms with Crippen molar-refractivity contribution in [3.63, 3.8) is 0 Å². The van der Waals surface area contributed by atoms with Crippen LogP contribution in [-0.2, 0) is 11.4 Å². The Hall–Kier alpha value is -3.28. The minimum Gasteiger partial charge on any atom is -0.490 e. The van der Waals surface area contributed by atoms with Crippen LogP contribution in [0.5, 0.6) is 11.5 Å². The van der Waals surface area contributed by atoms with Gasteiger partial charge in [-0.05, 0) is 23.8 Å². The summed E-state index contributed by atoms with van der Waals surface area (Å²) in [4.78, 5) is 4.86. The van der Waals surface area contributed by atoms with Gasteiger partial charge < -0.3 is 14.3 Å². The molecule has 4 rings (SSSR count). The highest BCUT2D eigenvalue weighted by atomic mass is 16.6. The maximum Gasteiger partial charge on any atom is 0.161 e. The van der Waals surface area contributed by atoms with Crippen molar-refractivity contribution in [1.82, 2.24) is 9.78 Å². The fourth-order valence-electron chi connectivity index (χ4n) is 3.03. The van der Waals surface area contributed by atoms with E-state index in [4.69, 9.17) is 19.4 Å². The van der Waals surface area contributed by atoms with Gasteiger partial charge in [-0.2, -0.15) is 5.10 Å². The number of ether oxygens (including phenoxy) is 2. The lowest BCUT2D eigenvalue weighted by Crippen LogP contribution is -2.00. The lowest BCUT2D eigenvalue weighted by molar-refractivity contribution is 0.215. The molecule has 0 unspecified atom stereocenters. The quantitative estimate of drug-likeness (QED) is 0.512. The van der Waals surface area contributed by atoms with Crippen LogP contribution in [0.4, 0.5) is 0 Å². The fraction of sp³-hybridized carbons (Fsp3) is 0.238. The Balaban J connectivity index is 1.70. The van der Waals surface area contributed by atoms with Crippen LogP contribution in [0.15, 0.2) is 59.9 Å². The molecule has 0 bridgehead atoms. The number of hydrogen-bond donors (Lipinski definition) is 0. The van der Waals surface area contributed by atoms with Crippen molar-refractivity contribution in [2.45, 2.75) is 13.0 Å². The second-order valence-corrected chi connectivity index (χ2v) is 6.25. The lowest BCUT2D eigenvalue weighted by Gasteiger charge is -2.08. The monoisotopic (exact) mass is 363 g/mol. The second kappa shape index (κ2) is 7.95. The van der Waals surface area contributed by atoms with Crippen molar-refractivity contribution in [1.29, 1.82) is 0 Å². The van der Waals surface area contributed by atoms with Crippen molar-refractivity contribution in [2.24, 2.45) is 5.16 Å². The first-order valence-corrected chi connectivity index (χ1v) is 8.91. The van der Waals surface area contributed by atoms with Gasteiger partial charge in [-0.3, -0.25) is 4.68 Å². The van der Waals surface area contributed by atoms with Crippen LogP contribution in [0, 0.1) is 0 Å². The van der Waals surface area contributed by atoms with E-state index in [1.54, 1.807) is 6.21 Å². The van der Waals surface area contributed by atoms with E-state index in [1.807, 2.05) is 47.3 Å². The predicted molar refractivity (Wildman–Crippen MR) is 103 cm³/mol. The van der Waals surface area contributed by atoms with Crippen LogP contribution in [0.1, 0.15) is 17.5 Å². The zero-order valence-electron chi connectivity index (χ0n) is 15.2. The minimum absolute atomic E-state index is 0.650. The average Bonchev–Trinajstić information content (AvgIpc) is 2.94. The third-order valence-electron chi connectivity index (χ3n) is 4.30. The van der Waals surface area contributed by atoms with Crippen molar-refractivity contribution in [2.75, 3.05) is 20.3 Å². The van der Waals surface area contributed by atoms with Crippen LogP contribution in [0.3, 0.4) is 0 Å². The van der Waals surface area contributed by atoms with Gasteiger partial charge in [0.05, 0.1) is 26.0 Å². The molecule has 2 aromatic carbocycles. The van der Waals surface area contributed by atoms with E-state index < -0.39 is 0 Å². The van der Waals surface area contributed by atoms with Gasteiger partial charge in [-0.25, -0.2) is 0 Å². The van der Waals surface area contributed by atoms with E-state index in [9.17, 15) is 0 Å². The normalized spacial score (nSPS) is 13.5. The molecule has 1 aromatic heterocycles. The molecule has 0 saturated heterocycles. The van der Waals surface area contributed by atoms with Gasteiger partial charge in [0.2, 0.25) is 0 Å². The number of rotatable bonds is 5. The van der Waals surface area contributed by atoms with Crippen molar-refractivity contribution >= 4 is 6.21 Å². The number of oxime groups is 1. The van der Waals surface area contributed by atoms with E-state index in [0.29, 0.717) is 19.8 Å². The predicted octanol–water partition coefficient (Wildman–Crippen LogP) is 3.74. The van der Waals surface area contributed by atoms with Gasteiger partial charge >= 0.3 is 0 Å². The molecule has 0 saturated carbocycles.